The average molecular weight is 411 g/mol. The van der Waals surface area contributed by atoms with Crippen LogP contribution in [0.25, 0.3) is 11.3 Å². The van der Waals surface area contributed by atoms with Gasteiger partial charge in [0.15, 0.2) is 5.13 Å². The zero-order valence-corrected chi connectivity index (χ0v) is 17.4. The molecule has 3 rings (SSSR count). The van der Waals surface area contributed by atoms with Crippen molar-refractivity contribution in [2.45, 2.75) is 32.6 Å². The molecule has 0 aliphatic rings. The summed E-state index contributed by atoms with van der Waals surface area (Å²) in [4.78, 5) is 16.6. The number of para-hydroxylation sites is 1. The van der Waals surface area contributed by atoms with Crippen LogP contribution in [0, 0.1) is 0 Å². The fourth-order valence-corrected chi connectivity index (χ4v) is 3.38. The van der Waals surface area contributed by atoms with Crippen LogP contribution in [0.4, 0.5) is 5.13 Å². The number of aromatic nitrogens is 1. The van der Waals surface area contributed by atoms with Crippen LogP contribution in [0.2, 0.25) is 0 Å². The van der Waals surface area contributed by atoms with E-state index in [1.807, 2.05) is 60.0 Å². The maximum absolute atomic E-state index is 12.1. The molecule has 0 aliphatic heterocycles. The number of hydrogen-bond donors (Lipinski definition) is 1. The highest BCUT2D eigenvalue weighted by Crippen LogP contribution is 2.26. The molecule has 0 saturated carbocycles. The normalized spacial score (nSPS) is 10.5. The summed E-state index contributed by atoms with van der Waals surface area (Å²) in [6.07, 6.45) is 3.21. The van der Waals surface area contributed by atoms with E-state index in [0.717, 1.165) is 42.2 Å². The van der Waals surface area contributed by atoms with Crippen LogP contribution < -0.4 is 14.8 Å². The highest BCUT2D eigenvalue weighted by atomic mass is 32.1. The third-order valence-electron chi connectivity index (χ3n) is 4.23. The number of benzene rings is 2. The maximum Gasteiger partial charge on any atom is 0.226 e. The Bertz CT molecular complexity index is 879. The summed E-state index contributed by atoms with van der Waals surface area (Å²) in [6, 6.07) is 17.5. The first-order chi connectivity index (χ1) is 14.2. The number of amides is 1. The number of carbonyl (C=O) groups is 1. The molecule has 1 N–H and O–H groups in total. The second-order valence-corrected chi connectivity index (χ2v) is 7.44. The van der Waals surface area contributed by atoms with Gasteiger partial charge in [-0.25, -0.2) is 4.98 Å². The Morgan fingerprint density at radius 2 is 1.66 bits per heavy atom. The van der Waals surface area contributed by atoms with Gasteiger partial charge in [0.1, 0.15) is 11.5 Å². The molecule has 6 heteroatoms. The Labute approximate surface area is 175 Å². The summed E-state index contributed by atoms with van der Waals surface area (Å²) in [7, 11) is 0. The average Bonchev–Trinajstić information content (AvgIpc) is 3.21. The molecule has 0 aliphatic carbocycles. The van der Waals surface area contributed by atoms with E-state index in [4.69, 9.17) is 9.47 Å². The highest BCUT2D eigenvalue weighted by molar-refractivity contribution is 7.14. The van der Waals surface area contributed by atoms with Gasteiger partial charge in [-0.1, -0.05) is 31.5 Å². The van der Waals surface area contributed by atoms with Gasteiger partial charge in [-0.3, -0.25) is 4.79 Å². The smallest absolute Gasteiger partial charge is 0.226 e. The summed E-state index contributed by atoms with van der Waals surface area (Å²) in [5.41, 5.74) is 1.85. The van der Waals surface area contributed by atoms with Crippen molar-refractivity contribution < 1.29 is 14.3 Å². The summed E-state index contributed by atoms with van der Waals surface area (Å²) in [6.45, 7) is 3.38. The molecule has 1 amide bonds. The van der Waals surface area contributed by atoms with Gasteiger partial charge in [0.05, 0.1) is 18.9 Å². The van der Waals surface area contributed by atoms with E-state index in [9.17, 15) is 4.79 Å². The largest absolute Gasteiger partial charge is 0.494 e. The van der Waals surface area contributed by atoms with Crippen LogP contribution in [0.3, 0.4) is 0 Å². The van der Waals surface area contributed by atoms with E-state index >= 15 is 0 Å². The molecule has 0 radical (unpaired) electrons. The predicted molar refractivity (Wildman–Crippen MR) is 118 cm³/mol. The number of rotatable bonds is 11. The van der Waals surface area contributed by atoms with Crippen molar-refractivity contribution in [3.05, 3.63) is 60.0 Å². The van der Waals surface area contributed by atoms with Crippen molar-refractivity contribution in [2.24, 2.45) is 0 Å². The SMILES string of the molecule is CCCCOc1ccc(-c2csc(NC(=O)CCCOc3ccccc3)n2)cc1. The lowest BCUT2D eigenvalue weighted by molar-refractivity contribution is -0.116. The van der Waals surface area contributed by atoms with E-state index in [2.05, 4.69) is 17.2 Å². The topological polar surface area (TPSA) is 60.5 Å². The van der Waals surface area contributed by atoms with Gasteiger partial charge in [-0.2, -0.15) is 0 Å². The van der Waals surface area contributed by atoms with Gasteiger partial charge in [0.2, 0.25) is 5.91 Å². The molecular weight excluding hydrogens is 384 g/mol. The molecule has 2 aromatic carbocycles. The van der Waals surface area contributed by atoms with Gasteiger partial charge >= 0.3 is 0 Å². The molecule has 0 spiro atoms. The molecule has 1 aromatic heterocycles. The van der Waals surface area contributed by atoms with Gasteiger partial charge in [-0.05, 0) is 49.2 Å². The minimum absolute atomic E-state index is 0.0535. The number of anilines is 1. The summed E-state index contributed by atoms with van der Waals surface area (Å²) in [5.74, 6) is 1.63. The first-order valence-corrected chi connectivity index (χ1v) is 10.8. The number of nitrogens with zero attached hydrogens (tertiary/aromatic N) is 1. The molecule has 0 atom stereocenters. The highest BCUT2D eigenvalue weighted by Gasteiger charge is 2.08. The van der Waals surface area contributed by atoms with Crippen molar-refractivity contribution in [1.29, 1.82) is 0 Å². The number of unbranched alkanes of at least 4 members (excludes halogenated alkanes) is 1. The van der Waals surface area contributed by atoms with Crippen LogP contribution in [0.5, 0.6) is 11.5 Å². The molecule has 29 heavy (non-hydrogen) atoms. The number of thiazole rings is 1. The third-order valence-corrected chi connectivity index (χ3v) is 4.99. The molecule has 1 heterocycles. The summed E-state index contributed by atoms with van der Waals surface area (Å²) < 4.78 is 11.3. The molecule has 0 saturated heterocycles. The maximum atomic E-state index is 12.1. The Morgan fingerprint density at radius 1 is 0.966 bits per heavy atom. The van der Waals surface area contributed by atoms with Crippen LogP contribution >= 0.6 is 11.3 Å². The molecule has 152 valence electrons. The molecule has 0 bridgehead atoms. The molecule has 0 unspecified atom stereocenters. The van der Waals surface area contributed by atoms with E-state index in [0.29, 0.717) is 24.6 Å². The van der Waals surface area contributed by atoms with Crippen molar-refractivity contribution in [3.63, 3.8) is 0 Å². The second kappa shape index (κ2) is 11.2. The van der Waals surface area contributed by atoms with Gasteiger partial charge in [0.25, 0.3) is 0 Å². The second-order valence-electron chi connectivity index (χ2n) is 6.58. The lowest BCUT2D eigenvalue weighted by Crippen LogP contribution is -2.12. The molecular formula is C23H26N2O3S. The van der Waals surface area contributed by atoms with Gasteiger partial charge in [-0.15, -0.1) is 11.3 Å². The van der Waals surface area contributed by atoms with E-state index in [1.165, 1.54) is 11.3 Å². The Kier molecular flexibility index (Phi) is 8.07. The summed E-state index contributed by atoms with van der Waals surface area (Å²) >= 11 is 1.42. The van der Waals surface area contributed by atoms with E-state index in [-0.39, 0.29) is 5.91 Å². The zero-order valence-electron chi connectivity index (χ0n) is 16.6. The Hall–Kier alpha value is -2.86. The van der Waals surface area contributed by atoms with Crippen LogP contribution in [0.1, 0.15) is 32.6 Å². The van der Waals surface area contributed by atoms with Crippen molar-refractivity contribution in [3.8, 4) is 22.8 Å². The van der Waals surface area contributed by atoms with E-state index < -0.39 is 0 Å². The Balaban J connectivity index is 1.42. The number of nitrogens with one attached hydrogen (secondary N) is 1. The lowest BCUT2D eigenvalue weighted by Gasteiger charge is -2.06. The lowest BCUT2D eigenvalue weighted by atomic mass is 10.2. The first kappa shape index (κ1) is 20.9. The Morgan fingerprint density at radius 3 is 2.38 bits per heavy atom. The minimum atomic E-state index is -0.0535. The van der Waals surface area contributed by atoms with Crippen LogP contribution in [0.15, 0.2) is 60.0 Å². The standard InChI is InChI=1S/C23H26N2O3S/c1-2-3-15-27-20-13-11-18(12-14-20)21-17-29-23(24-21)25-22(26)10-7-16-28-19-8-5-4-6-9-19/h4-6,8-9,11-14,17H,2-3,7,10,15-16H2,1H3,(H,24,25,26). The van der Waals surface area contributed by atoms with Crippen LogP contribution in [-0.2, 0) is 4.79 Å². The molecule has 0 fully saturated rings. The first-order valence-electron chi connectivity index (χ1n) is 9.91. The minimum Gasteiger partial charge on any atom is -0.494 e. The summed E-state index contributed by atoms with van der Waals surface area (Å²) in [5, 5.41) is 5.42. The predicted octanol–water partition coefficient (Wildman–Crippen LogP) is 5.79. The molecule has 3 aromatic rings. The fraction of sp³-hybridized carbons (Fsp3) is 0.304. The fourth-order valence-electron chi connectivity index (χ4n) is 2.64. The van der Waals surface area contributed by atoms with Crippen LogP contribution in [-0.4, -0.2) is 24.1 Å². The number of carbonyl (C=O) groups excluding carboxylic acids is 1. The van der Waals surface area contributed by atoms with Gasteiger partial charge < -0.3 is 14.8 Å². The van der Waals surface area contributed by atoms with E-state index in [1.54, 1.807) is 0 Å². The van der Waals surface area contributed by atoms with Crippen molar-refractivity contribution in [2.75, 3.05) is 18.5 Å². The van der Waals surface area contributed by atoms with Gasteiger partial charge in [0, 0.05) is 17.4 Å². The monoisotopic (exact) mass is 410 g/mol. The number of ether oxygens (including phenoxy) is 2. The van der Waals surface area contributed by atoms with Crippen molar-refractivity contribution >= 4 is 22.4 Å². The quantitative estimate of drug-likeness (QED) is 0.407. The number of hydrogen-bond acceptors (Lipinski definition) is 5. The molecule has 5 nitrogen and oxygen atoms in total. The van der Waals surface area contributed by atoms with Crippen molar-refractivity contribution in [1.82, 2.24) is 4.98 Å². The third kappa shape index (κ3) is 6.91. The zero-order chi connectivity index (χ0) is 20.3.